The van der Waals surface area contributed by atoms with Gasteiger partial charge in [0.1, 0.15) is 24.9 Å². The Morgan fingerprint density at radius 1 is 0.500 bits per heavy atom. The third-order valence-corrected chi connectivity index (χ3v) is 11.7. The van der Waals surface area contributed by atoms with E-state index < -0.39 is 61.3 Å². The molecule has 6 unspecified atom stereocenters. The molecule has 370 valence electrons. The first-order valence-corrected chi connectivity index (χ1v) is 25.7. The molecule has 1 aliphatic rings. The highest BCUT2D eigenvalue weighted by Gasteiger charge is 2.47. The molecule has 6 atom stereocenters. The lowest BCUT2D eigenvalue weighted by Crippen LogP contribution is -2.60. The number of carbonyl (C=O) groups excluding carboxylic acids is 2. The second-order valence-electron chi connectivity index (χ2n) is 17.6. The number of ether oxygens (including phenoxy) is 4. The largest absolute Gasteiger partial charge is 0.479 e. The summed E-state index contributed by atoms with van der Waals surface area (Å²) in [6, 6.07) is 0. The number of carboxylic acid groups (broad SMARTS) is 1. The molecule has 11 heteroatoms. The van der Waals surface area contributed by atoms with Gasteiger partial charge >= 0.3 is 17.9 Å². The Bertz CT molecular complexity index is 1250. The topological polar surface area (TPSA) is 169 Å². The van der Waals surface area contributed by atoms with Gasteiger partial charge in [0.25, 0.3) is 0 Å². The zero-order valence-electron chi connectivity index (χ0n) is 40.3. The average Bonchev–Trinajstić information content (AvgIpc) is 3.28. The van der Waals surface area contributed by atoms with Crippen LogP contribution >= 0.6 is 0 Å². The van der Waals surface area contributed by atoms with Crippen LogP contribution in [0.25, 0.3) is 0 Å². The van der Waals surface area contributed by atoms with E-state index in [1.165, 1.54) is 109 Å². The van der Waals surface area contributed by atoms with Gasteiger partial charge in [-0.2, -0.15) is 0 Å². The van der Waals surface area contributed by atoms with Crippen LogP contribution in [-0.4, -0.2) is 88.4 Å². The summed E-state index contributed by atoms with van der Waals surface area (Å²) in [6.45, 7) is 3.71. The number of unbranched alkanes of at least 4 members (excludes halogenated alkanes) is 24. The minimum absolute atomic E-state index is 0.180. The fraction of sp³-hybridized carbons (Fsp3) is 0.792. The van der Waals surface area contributed by atoms with Crippen molar-refractivity contribution < 1.29 is 53.8 Å². The van der Waals surface area contributed by atoms with E-state index in [2.05, 4.69) is 62.5 Å². The summed E-state index contributed by atoms with van der Waals surface area (Å²) in [6.07, 6.45) is 43.1. The van der Waals surface area contributed by atoms with E-state index in [1.54, 1.807) is 0 Å². The highest BCUT2D eigenvalue weighted by Crippen LogP contribution is 2.23. The zero-order valence-corrected chi connectivity index (χ0v) is 40.3. The maximum absolute atomic E-state index is 12.8. The van der Waals surface area contributed by atoms with Gasteiger partial charge in [-0.05, 0) is 51.4 Å². The standard InChI is InChI=1S/C53H92O11/c1-3-5-7-9-11-13-15-17-19-21-22-23-24-26-28-30-32-34-36-38-40-42-47(55)63-45(44-62-53-50(58)48(56)49(57)51(64-53)52(59)60)43-61-46(54)41-39-37-35-33-31-29-27-25-20-18-16-14-12-10-8-6-4-2/h6,8,12,14,18,20,27,29,45,48-51,53,56-58H,3-5,7,9-11,13,15-17,19,21-26,28,30-44H2,1-2H3,(H,59,60)/b8-6-,14-12-,20-18-,29-27-. The normalized spacial score (nSPS) is 19.7. The number of aliphatic hydroxyl groups excluding tert-OH is 3. The second-order valence-corrected chi connectivity index (χ2v) is 17.6. The lowest BCUT2D eigenvalue weighted by atomic mass is 9.99. The molecule has 0 bridgehead atoms. The van der Waals surface area contributed by atoms with Crippen LogP contribution in [0.3, 0.4) is 0 Å². The number of hydrogen-bond acceptors (Lipinski definition) is 10. The Morgan fingerprint density at radius 2 is 0.922 bits per heavy atom. The molecule has 0 aliphatic carbocycles. The van der Waals surface area contributed by atoms with Crippen molar-refractivity contribution >= 4 is 17.9 Å². The molecule has 1 aliphatic heterocycles. The number of rotatable bonds is 43. The summed E-state index contributed by atoms with van der Waals surface area (Å²) in [4.78, 5) is 37.0. The van der Waals surface area contributed by atoms with Crippen molar-refractivity contribution in [3.63, 3.8) is 0 Å². The van der Waals surface area contributed by atoms with E-state index in [0.717, 1.165) is 70.6 Å². The predicted octanol–water partition coefficient (Wildman–Crippen LogP) is 12.1. The molecule has 0 radical (unpaired) electrons. The highest BCUT2D eigenvalue weighted by atomic mass is 16.7. The summed E-state index contributed by atoms with van der Waals surface area (Å²) in [5.74, 6) is -2.47. The fourth-order valence-corrected chi connectivity index (χ4v) is 7.69. The Morgan fingerprint density at radius 3 is 1.39 bits per heavy atom. The lowest BCUT2D eigenvalue weighted by Gasteiger charge is -2.38. The number of carboxylic acids is 1. The molecule has 4 N–H and O–H groups in total. The fourth-order valence-electron chi connectivity index (χ4n) is 7.69. The first-order valence-electron chi connectivity index (χ1n) is 25.7. The minimum atomic E-state index is -1.87. The molecule has 1 fully saturated rings. The molecule has 0 saturated carbocycles. The zero-order chi connectivity index (χ0) is 46.7. The van der Waals surface area contributed by atoms with Gasteiger partial charge in [0, 0.05) is 12.8 Å². The minimum Gasteiger partial charge on any atom is -0.479 e. The molecule has 64 heavy (non-hydrogen) atoms. The van der Waals surface area contributed by atoms with Crippen molar-refractivity contribution in [1.82, 2.24) is 0 Å². The molecule has 1 heterocycles. The number of hydrogen-bond donors (Lipinski definition) is 4. The number of aliphatic hydroxyl groups is 3. The summed E-state index contributed by atoms with van der Waals surface area (Å²) in [5, 5.41) is 39.9. The molecule has 1 saturated heterocycles. The van der Waals surface area contributed by atoms with Crippen LogP contribution in [0.1, 0.15) is 219 Å². The van der Waals surface area contributed by atoms with E-state index in [-0.39, 0.29) is 19.4 Å². The van der Waals surface area contributed by atoms with E-state index in [1.807, 2.05) is 0 Å². The smallest absolute Gasteiger partial charge is 0.335 e. The Hall–Kier alpha value is -2.83. The molecule has 0 aromatic carbocycles. The Balaban J connectivity index is 2.30. The highest BCUT2D eigenvalue weighted by molar-refractivity contribution is 5.73. The first-order chi connectivity index (χ1) is 31.2. The Labute approximate surface area is 388 Å². The first kappa shape index (κ1) is 59.2. The number of allylic oxidation sites excluding steroid dienone is 8. The molecular weight excluding hydrogens is 813 g/mol. The number of esters is 2. The van der Waals surface area contributed by atoms with Crippen molar-refractivity contribution in [3.8, 4) is 0 Å². The van der Waals surface area contributed by atoms with E-state index in [4.69, 9.17) is 18.9 Å². The monoisotopic (exact) mass is 905 g/mol. The summed E-state index contributed by atoms with van der Waals surface area (Å²) in [5.41, 5.74) is 0. The van der Waals surface area contributed by atoms with E-state index in [0.29, 0.717) is 12.8 Å². The van der Waals surface area contributed by atoms with Gasteiger partial charge in [0.2, 0.25) is 0 Å². The second kappa shape index (κ2) is 42.8. The number of aliphatic carboxylic acids is 1. The maximum Gasteiger partial charge on any atom is 0.335 e. The Kier molecular flexibility index (Phi) is 39.6. The van der Waals surface area contributed by atoms with Crippen LogP contribution in [0.4, 0.5) is 0 Å². The molecule has 11 nitrogen and oxygen atoms in total. The van der Waals surface area contributed by atoms with Gasteiger partial charge in [-0.15, -0.1) is 0 Å². The van der Waals surface area contributed by atoms with Gasteiger partial charge < -0.3 is 39.4 Å². The quantitative estimate of drug-likeness (QED) is 0.0261. The predicted molar refractivity (Wildman–Crippen MR) is 257 cm³/mol. The molecule has 1 rings (SSSR count). The van der Waals surface area contributed by atoms with Crippen LogP contribution in [0.2, 0.25) is 0 Å². The average molecular weight is 905 g/mol. The molecule has 0 spiro atoms. The summed E-state index contributed by atoms with van der Waals surface area (Å²) in [7, 11) is 0. The van der Waals surface area contributed by atoms with E-state index >= 15 is 0 Å². The molecule has 0 aromatic rings. The van der Waals surface area contributed by atoms with Crippen LogP contribution in [0, 0.1) is 0 Å². The maximum atomic E-state index is 12.8. The van der Waals surface area contributed by atoms with E-state index in [9.17, 15) is 34.8 Å². The molecular formula is C53H92O11. The van der Waals surface area contributed by atoms with Crippen molar-refractivity contribution in [3.05, 3.63) is 48.6 Å². The van der Waals surface area contributed by atoms with Crippen LogP contribution in [-0.2, 0) is 33.3 Å². The third kappa shape index (κ3) is 33.6. The van der Waals surface area contributed by atoms with Crippen molar-refractivity contribution in [2.75, 3.05) is 13.2 Å². The van der Waals surface area contributed by atoms with Crippen molar-refractivity contribution in [2.24, 2.45) is 0 Å². The lowest BCUT2D eigenvalue weighted by molar-refractivity contribution is -0.298. The van der Waals surface area contributed by atoms with Gasteiger partial charge in [0.15, 0.2) is 18.5 Å². The van der Waals surface area contributed by atoms with Crippen LogP contribution < -0.4 is 0 Å². The molecule has 0 amide bonds. The van der Waals surface area contributed by atoms with Gasteiger partial charge in [0.05, 0.1) is 6.61 Å². The third-order valence-electron chi connectivity index (χ3n) is 11.7. The van der Waals surface area contributed by atoms with Crippen molar-refractivity contribution in [2.45, 2.75) is 256 Å². The van der Waals surface area contributed by atoms with Gasteiger partial charge in [-0.1, -0.05) is 204 Å². The summed E-state index contributed by atoms with van der Waals surface area (Å²) >= 11 is 0. The number of carbonyl (C=O) groups is 3. The summed E-state index contributed by atoms with van der Waals surface area (Å²) < 4.78 is 21.8. The van der Waals surface area contributed by atoms with Gasteiger partial charge in [-0.25, -0.2) is 4.79 Å². The van der Waals surface area contributed by atoms with Gasteiger partial charge in [-0.3, -0.25) is 9.59 Å². The van der Waals surface area contributed by atoms with Crippen LogP contribution in [0.15, 0.2) is 48.6 Å². The van der Waals surface area contributed by atoms with Crippen LogP contribution in [0.5, 0.6) is 0 Å². The molecule has 0 aromatic heterocycles. The van der Waals surface area contributed by atoms with Crippen molar-refractivity contribution in [1.29, 1.82) is 0 Å². The SMILES string of the molecule is CC/C=C\C/C=C\C/C=C\C/C=C\CCCCCCC(=O)OCC(COC1OC(C(=O)O)C(O)C(O)C1O)OC(=O)CCCCCCCCCCCCCCCCCCCCCCC.